The van der Waals surface area contributed by atoms with Gasteiger partial charge in [-0.25, -0.2) is 8.42 Å². The monoisotopic (exact) mass is 350 g/mol. The first-order valence-corrected chi connectivity index (χ1v) is 9.03. The van der Waals surface area contributed by atoms with Crippen LogP contribution in [0.4, 0.5) is 0 Å². The third kappa shape index (κ3) is 1.96. The predicted octanol–water partition coefficient (Wildman–Crippen LogP) is 1.74. The third-order valence-corrected chi connectivity index (χ3v) is 8.04. The smallest absolute Gasteiger partial charge is 0.252 e. The Bertz CT molecular complexity index is 557. The molecule has 1 aromatic rings. The number of thiophene rings is 1. The summed E-state index contributed by atoms with van der Waals surface area (Å²) in [6.45, 7) is 4.55. The summed E-state index contributed by atoms with van der Waals surface area (Å²) in [4.78, 5) is 0. The minimum absolute atomic E-state index is 0.0934. The van der Waals surface area contributed by atoms with E-state index < -0.39 is 10.0 Å². The largest absolute Gasteiger partial charge is 0.316 e. The summed E-state index contributed by atoms with van der Waals surface area (Å²) in [5, 5.41) is 3.34. The van der Waals surface area contributed by atoms with Crippen LogP contribution in [0, 0.1) is 11.8 Å². The summed E-state index contributed by atoms with van der Waals surface area (Å²) < 4.78 is 28.1. The molecule has 0 saturated carbocycles. The Morgan fingerprint density at radius 1 is 1.44 bits per heavy atom. The molecule has 0 aromatic carbocycles. The van der Waals surface area contributed by atoms with Crippen molar-refractivity contribution in [2.45, 2.75) is 17.2 Å². The van der Waals surface area contributed by atoms with Crippen molar-refractivity contribution in [1.82, 2.24) is 9.62 Å². The minimum Gasteiger partial charge on any atom is -0.316 e. The maximum absolute atomic E-state index is 12.6. The number of nitrogens with zero attached hydrogens (tertiary/aromatic N) is 1. The molecule has 3 unspecified atom stereocenters. The molecule has 3 heterocycles. The third-order valence-electron chi connectivity index (χ3n) is 3.99. The predicted molar refractivity (Wildman–Crippen MR) is 75.2 cm³/mol. The standard InChI is InChI=1S/C11H15BrN2O2S2/c1-7-9-5-13-4-8(9)6-14(7)18(15,16)11-3-2-10(12)17-11/h2-3,7-9,13H,4-6H2,1H3. The fourth-order valence-corrected chi connectivity index (χ4v) is 6.87. The second-order valence-corrected chi connectivity index (χ2v) is 9.54. The van der Waals surface area contributed by atoms with Crippen LogP contribution in [0.2, 0.25) is 0 Å². The van der Waals surface area contributed by atoms with Crippen molar-refractivity contribution in [3.05, 3.63) is 15.9 Å². The minimum atomic E-state index is -3.32. The van der Waals surface area contributed by atoms with E-state index in [1.807, 2.05) is 6.92 Å². The van der Waals surface area contributed by atoms with Crippen LogP contribution in [0.3, 0.4) is 0 Å². The van der Waals surface area contributed by atoms with Crippen molar-refractivity contribution in [3.63, 3.8) is 0 Å². The summed E-state index contributed by atoms with van der Waals surface area (Å²) in [6, 6.07) is 3.57. The van der Waals surface area contributed by atoms with Crippen molar-refractivity contribution in [2.24, 2.45) is 11.8 Å². The van der Waals surface area contributed by atoms with Crippen LogP contribution in [0.15, 0.2) is 20.1 Å². The van der Waals surface area contributed by atoms with Gasteiger partial charge in [-0.15, -0.1) is 11.3 Å². The van der Waals surface area contributed by atoms with Gasteiger partial charge in [0.15, 0.2) is 0 Å². The van der Waals surface area contributed by atoms with Gasteiger partial charge in [-0.05, 0) is 59.9 Å². The average molecular weight is 351 g/mol. The molecular formula is C11H15BrN2O2S2. The lowest BCUT2D eigenvalue weighted by molar-refractivity contribution is 0.361. The van der Waals surface area contributed by atoms with Gasteiger partial charge < -0.3 is 5.32 Å². The van der Waals surface area contributed by atoms with Crippen molar-refractivity contribution in [3.8, 4) is 0 Å². The molecule has 0 aliphatic carbocycles. The van der Waals surface area contributed by atoms with Crippen LogP contribution in [-0.4, -0.2) is 38.4 Å². The Morgan fingerprint density at radius 3 is 2.83 bits per heavy atom. The first kappa shape index (κ1) is 13.1. The molecule has 4 nitrogen and oxygen atoms in total. The Hall–Kier alpha value is 0.0500. The Kier molecular flexibility index (Phi) is 3.30. The number of hydrogen-bond acceptors (Lipinski definition) is 4. The summed E-state index contributed by atoms with van der Waals surface area (Å²) >= 11 is 4.61. The lowest BCUT2D eigenvalue weighted by Gasteiger charge is -2.23. The number of nitrogens with one attached hydrogen (secondary N) is 1. The number of halogens is 1. The maximum Gasteiger partial charge on any atom is 0.252 e. The lowest BCUT2D eigenvalue weighted by atomic mass is 9.95. The highest BCUT2D eigenvalue weighted by atomic mass is 79.9. The van der Waals surface area contributed by atoms with Crippen molar-refractivity contribution in [2.75, 3.05) is 19.6 Å². The average Bonchev–Trinajstić information content (AvgIpc) is 2.96. The maximum atomic E-state index is 12.6. The van der Waals surface area contributed by atoms with E-state index >= 15 is 0 Å². The van der Waals surface area contributed by atoms with Gasteiger partial charge in [0.05, 0.1) is 3.79 Å². The van der Waals surface area contributed by atoms with Crippen molar-refractivity contribution >= 4 is 37.3 Å². The van der Waals surface area contributed by atoms with Gasteiger partial charge in [0.1, 0.15) is 4.21 Å². The van der Waals surface area contributed by atoms with Gasteiger partial charge in [-0.2, -0.15) is 4.31 Å². The normalized spacial score (nSPS) is 32.9. The summed E-state index contributed by atoms with van der Waals surface area (Å²) in [7, 11) is -3.32. The zero-order valence-corrected chi connectivity index (χ0v) is 13.2. The molecule has 2 aliphatic heterocycles. The van der Waals surface area contributed by atoms with Crippen LogP contribution in [-0.2, 0) is 10.0 Å². The molecule has 100 valence electrons. The van der Waals surface area contributed by atoms with Gasteiger partial charge in [0.25, 0.3) is 10.0 Å². The summed E-state index contributed by atoms with van der Waals surface area (Å²) in [5.74, 6) is 0.932. The molecule has 1 N–H and O–H groups in total. The van der Waals surface area contributed by atoms with E-state index in [-0.39, 0.29) is 6.04 Å². The number of fused-ring (bicyclic) bond motifs is 1. The second-order valence-electron chi connectivity index (χ2n) is 4.96. The summed E-state index contributed by atoms with van der Waals surface area (Å²) in [6.07, 6.45) is 0. The fourth-order valence-electron chi connectivity index (χ4n) is 3.00. The molecular weight excluding hydrogens is 336 g/mol. The van der Waals surface area contributed by atoms with Gasteiger partial charge in [0.2, 0.25) is 0 Å². The highest BCUT2D eigenvalue weighted by Gasteiger charge is 2.47. The van der Waals surface area contributed by atoms with E-state index in [1.54, 1.807) is 16.4 Å². The van der Waals surface area contributed by atoms with Gasteiger partial charge in [-0.3, -0.25) is 0 Å². The molecule has 7 heteroatoms. The van der Waals surface area contributed by atoms with Gasteiger partial charge in [0, 0.05) is 12.6 Å². The van der Waals surface area contributed by atoms with Gasteiger partial charge >= 0.3 is 0 Å². The highest BCUT2D eigenvalue weighted by molar-refractivity contribution is 9.11. The van der Waals surface area contributed by atoms with Gasteiger partial charge in [-0.1, -0.05) is 0 Å². The molecule has 2 aliphatic rings. The molecule has 0 bridgehead atoms. The zero-order chi connectivity index (χ0) is 12.9. The quantitative estimate of drug-likeness (QED) is 0.883. The molecule has 2 saturated heterocycles. The van der Waals surface area contributed by atoms with E-state index in [0.717, 1.165) is 16.9 Å². The van der Waals surface area contributed by atoms with Crippen LogP contribution >= 0.6 is 27.3 Å². The lowest BCUT2D eigenvalue weighted by Crippen LogP contribution is -2.37. The van der Waals surface area contributed by atoms with E-state index in [9.17, 15) is 8.42 Å². The van der Waals surface area contributed by atoms with Crippen LogP contribution in [0.25, 0.3) is 0 Å². The molecule has 0 amide bonds. The molecule has 3 rings (SSSR count). The van der Waals surface area contributed by atoms with E-state index in [0.29, 0.717) is 22.6 Å². The Balaban J connectivity index is 1.91. The first-order valence-electron chi connectivity index (χ1n) is 5.98. The molecule has 18 heavy (non-hydrogen) atoms. The van der Waals surface area contributed by atoms with E-state index in [2.05, 4.69) is 21.2 Å². The number of rotatable bonds is 2. The van der Waals surface area contributed by atoms with E-state index in [1.165, 1.54) is 11.3 Å². The topological polar surface area (TPSA) is 49.4 Å². The zero-order valence-electron chi connectivity index (χ0n) is 9.97. The molecule has 2 fully saturated rings. The van der Waals surface area contributed by atoms with Crippen molar-refractivity contribution in [1.29, 1.82) is 0 Å². The van der Waals surface area contributed by atoms with Crippen LogP contribution in [0.1, 0.15) is 6.92 Å². The number of sulfonamides is 1. The van der Waals surface area contributed by atoms with Crippen molar-refractivity contribution < 1.29 is 8.42 Å². The van der Waals surface area contributed by atoms with E-state index in [4.69, 9.17) is 0 Å². The Labute approximate surface area is 120 Å². The SMILES string of the molecule is CC1C2CNCC2CN1S(=O)(=O)c1ccc(Br)s1. The molecule has 0 radical (unpaired) electrons. The fraction of sp³-hybridized carbons (Fsp3) is 0.636. The summed E-state index contributed by atoms with van der Waals surface area (Å²) in [5.41, 5.74) is 0. The van der Waals surface area contributed by atoms with Crippen LogP contribution < -0.4 is 5.32 Å². The molecule has 3 atom stereocenters. The molecule has 1 aromatic heterocycles. The van der Waals surface area contributed by atoms with Crippen LogP contribution in [0.5, 0.6) is 0 Å². The first-order chi connectivity index (χ1) is 8.50. The Morgan fingerprint density at radius 2 is 2.22 bits per heavy atom. The second kappa shape index (κ2) is 4.56. The molecule has 0 spiro atoms. The number of hydrogen-bond donors (Lipinski definition) is 1. The highest BCUT2D eigenvalue weighted by Crippen LogP contribution is 2.38.